The second-order valence-corrected chi connectivity index (χ2v) is 3.61. The zero-order valence-electron chi connectivity index (χ0n) is 10.3. The lowest BCUT2D eigenvalue weighted by Gasteiger charge is -2.17. The molecular weight excluding hydrogens is 259 g/mol. The molecule has 0 aliphatic carbocycles. The van der Waals surface area contributed by atoms with E-state index in [1.807, 2.05) is 0 Å². The number of hydrogen-bond donors (Lipinski definition) is 2. The zero-order chi connectivity index (χ0) is 14.6. The molecule has 2 N–H and O–H groups in total. The second-order valence-electron chi connectivity index (χ2n) is 3.61. The van der Waals surface area contributed by atoms with Crippen LogP contribution in [0.4, 0.5) is 4.39 Å². The Morgan fingerprint density at radius 2 is 1.84 bits per heavy atom. The van der Waals surface area contributed by atoms with Crippen LogP contribution in [0.15, 0.2) is 18.2 Å². The van der Waals surface area contributed by atoms with Crippen LogP contribution in [-0.4, -0.2) is 42.5 Å². The Hall–Kier alpha value is -1.99. The maximum Gasteiger partial charge on any atom is 0.340 e. The van der Waals surface area contributed by atoms with E-state index in [0.29, 0.717) is 0 Å². The predicted octanol–water partition coefficient (Wildman–Crippen LogP) is 0.180. The largest absolute Gasteiger partial charge is 0.467 e. The van der Waals surface area contributed by atoms with Gasteiger partial charge < -0.3 is 19.7 Å². The summed E-state index contributed by atoms with van der Waals surface area (Å²) in [5, 5.41) is 19.2. The number of rotatable bonds is 4. The predicted molar refractivity (Wildman–Crippen MR) is 60.7 cm³/mol. The van der Waals surface area contributed by atoms with Gasteiger partial charge in [-0.3, -0.25) is 0 Å². The smallest absolute Gasteiger partial charge is 0.340 e. The van der Waals surface area contributed by atoms with Crippen molar-refractivity contribution in [1.29, 1.82) is 0 Å². The fourth-order valence-corrected chi connectivity index (χ4v) is 1.47. The van der Waals surface area contributed by atoms with Gasteiger partial charge in [-0.25, -0.2) is 14.0 Å². The van der Waals surface area contributed by atoms with Crippen molar-refractivity contribution in [2.45, 2.75) is 12.2 Å². The highest BCUT2D eigenvalue weighted by atomic mass is 19.1. The average molecular weight is 272 g/mol. The molecule has 0 saturated carbocycles. The van der Waals surface area contributed by atoms with Crippen LogP contribution in [0.2, 0.25) is 0 Å². The van der Waals surface area contributed by atoms with Gasteiger partial charge >= 0.3 is 11.9 Å². The summed E-state index contributed by atoms with van der Waals surface area (Å²) in [5.74, 6) is -3.11. The second kappa shape index (κ2) is 6.26. The van der Waals surface area contributed by atoms with Crippen LogP contribution in [0.25, 0.3) is 0 Å². The van der Waals surface area contributed by atoms with Gasteiger partial charge in [0.1, 0.15) is 11.9 Å². The number of benzene rings is 1. The Labute approximate surface area is 108 Å². The van der Waals surface area contributed by atoms with E-state index in [-0.39, 0.29) is 0 Å². The van der Waals surface area contributed by atoms with Gasteiger partial charge in [0.15, 0.2) is 6.10 Å². The summed E-state index contributed by atoms with van der Waals surface area (Å²) in [7, 11) is 2.09. The molecule has 2 unspecified atom stereocenters. The van der Waals surface area contributed by atoms with E-state index in [1.165, 1.54) is 6.07 Å². The van der Waals surface area contributed by atoms with Crippen LogP contribution in [0.1, 0.15) is 22.0 Å². The molecular formula is C12H13FO6. The fourth-order valence-electron chi connectivity index (χ4n) is 1.47. The molecule has 19 heavy (non-hydrogen) atoms. The van der Waals surface area contributed by atoms with Gasteiger partial charge in [0.05, 0.1) is 19.8 Å². The third kappa shape index (κ3) is 3.07. The summed E-state index contributed by atoms with van der Waals surface area (Å²) >= 11 is 0. The molecule has 2 atom stereocenters. The first-order valence-corrected chi connectivity index (χ1v) is 5.24. The molecule has 0 spiro atoms. The maximum atomic E-state index is 14.0. The van der Waals surface area contributed by atoms with Crippen LogP contribution in [-0.2, 0) is 14.3 Å². The summed E-state index contributed by atoms with van der Waals surface area (Å²) in [6, 6.07) is 3.58. The normalized spacial score (nSPS) is 13.5. The minimum Gasteiger partial charge on any atom is -0.467 e. The zero-order valence-corrected chi connectivity index (χ0v) is 10.3. The molecule has 7 heteroatoms. The van der Waals surface area contributed by atoms with E-state index < -0.39 is 41.1 Å². The first-order valence-electron chi connectivity index (χ1n) is 5.24. The number of aliphatic hydroxyl groups excluding tert-OH is 2. The number of esters is 2. The highest BCUT2D eigenvalue weighted by molar-refractivity contribution is 5.90. The van der Waals surface area contributed by atoms with Crippen molar-refractivity contribution in [2.24, 2.45) is 0 Å². The lowest BCUT2D eigenvalue weighted by atomic mass is 10.0. The number of halogens is 1. The van der Waals surface area contributed by atoms with Crippen molar-refractivity contribution in [2.75, 3.05) is 14.2 Å². The average Bonchev–Trinajstić information content (AvgIpc) is 2.44. The topological polar surface area (TPSA) is 93.1 Å². The maximum absolute atomic E-state index is 14.0. The van der Waals surface area contributed by atoms with Crippen molar-refractivity contribution in [1.82, 2.24) is 0 Å². The number of carbonyl (C=O) groups excluding carboxylic acids is 2. The van der Waals surface area contributed by atoms with Gasteiger partial charge in [0.25, 0.3) is 0 Å². The molecule has 0 aliphatic heterocycles. The monoisotopic (exact) mass is 272 g/mol. The molecule has 0 heterocycles. The molecule has 0 amide bonds. The number of hydrogen-bond acceptors (Lipinski definition) is 6. The summed E-state index contributed by atoms with van der Waals surface area (Å²) in [6.45, 7) is 0. The van der Waals surface area contributed by atoms with Crippen molar-refractivity contribution < 1.29 is 33.7 Å². The van der Waals surface area contributed by atoms with Crippen molar-refractivity contribution in [3.63, 3.8) is 0 Å². The highest BCUT2D eigenvalue weighted by Gasteiger charge is 2.30. The quantitative estimate of drug-likeness (QED) is 0.759. The van der Waals surface area contributed by atoms with Gasteiger partial charge in [-0.2, -0.15) is 0 Å². The minimum absolute atomic E-state index is 0.402. The van der Waals surface area contributed by atoms with E-state index in [0.717, 1.165) is 26.4 Å². The molecule has 1 aromatic carbocycles. The molecule has 1 aromatic rings. The van der Waals surface area contributed by atoms with E-state index in [4.69, 9.17) is 0 Å². The lowest BCUT2D eigenvalue weighted by molar-refractivity contribution is -0.156. The standard InChI is InChI=1S/C12H13FO6/c1-18-11(16)7-5-3-4-6(8(7)13)9(14)10(15)12(17)19-2/h3-5,9-10,14-15H,1-2H3. The van der Waals surface area contributed by atoms with Gasteiger partial charge in [-0.1, -0.05) is 12.1 Å². The molecule has 1 rings (SSSR count). The molecule has 0 aliphatic rings. The number of methoxy groups -OCH3 is 2. The van der Waals surface area contributed by atoms with Gasteiger partial charge in [-0.15, -0.1) is 0 Å². The summed E-state index contributed by atoms with van der Waals surface area (Å²) in [6.07, 6.45) is -3.80. The number of ether oxygens (including phenoxy) is 2. The Morgan fingerprint density at radius 3 is 2.37 bits per heavy atom. The van der Waals surface area contributed by atoms with E-state index >= 15 is 0 Å². The molecule has 0 aromatic heterocycles. The van der Waals surface area contributed by atoms with Crippen LogP contribution in [0.5, 0.6) is 0 Å². The minimum atomic E-state index is -1.95. The Morgan fingerprint density at radius 1 is 1.21 bits per heavy atom. The van der Waals surface area contributed by atoms with Gasteiger partial charge in [0, 0.05) is 5.56 Å². The first-order chi connectivity index (χ1) is 8.93. The van der Waals surface area contributed by atoms with Crippen molar-refractivity contribution in [3.05, 3.63) is 35.1 Å². The van der Waals surface area contributed by atoms with E-state index in [9.17, 15) is 24.2 Å². The van der Waals surface area contributed by atoms with Crippen LogP contribution in [0, 0.1) is 5.82 Å². The van der Waals surface area contributed by atoms with Crippen LogP contribution in [0.3, 0.4) is 0 Å². The fraction of sp³-hybridized carbons (Fsp3) is 0.333. The molecule has 0 radical (unpaired) electrons. The summed E-state index contributed by atoms with van der Waals surface area (Å²) in [4.78, 5) is 22.3. The van der Waals surface area contributed by atoms with Gasteiger partial charge in [0.2, 0.25) is 0 Å². The third-order valence-corrected chi connectivity index (χ3v) is 2.49. The molecule has 6 nitrogen and oxygen atoms in total. The Kier molecular flexibility index (Phi) is 4.96. The third-order valence-electron chi connectivity index (χ3n) is 2.49. The molecule has 0 saturated heterocycles. The van der Waals surface area contributed by atoms with Crippen LogP contribution < -0.4 is 0 Å². The van der Waals surface area contributed by atoms with Crippen LogP contribution >= 0.6 is 0 Å². The lowest BCUT2D eigenvalue weighted by Crippen LogP contribution is -2.29. The van der Waals surface area contributed by atoms with E-state index in [2.05, 4.69) is 9.47 Å². The van der Waals surface area contributed by atoms with Crippen molar-refractivity contribution >= 4 is 11.9 Å². The number of aliphatic hydroxyl groups is 2. The summed E-state index contributed by atoms with van der Waals surface area (Å²) < 4.78 is 22.6. The Balaban J connectivity index is 3.14. The molecule has 0 bridgehead atoms. The SMILES string of the molecule is COC(=O)c1cccc(C(O)C(O)C(=O)OC)c1F. The first kappa shape index (κ1) is 15.1. The van der Waals surface area contributed by atoms with E-state index in [1.54, 1.807) is 0 Å². The molecule has 0 fully saturated rings. The van der Waals surface area contributed by atoms with Crippen molar-refractivity contribution in [3.8, 4) is 0 Å². The summed E-state index contributed by atoms with van der Waals surface area (Å²) in [5.41, 5.74) is -0.808. The molecule has 104 valence electrons. The Bertz CT molecular complexity index is 487. The highest BCUT2D eigenvalue weighted by Crippen LogP contribution is 2.23. The van der Waals surface area contributed by atoms with Gasteiger partial charge in [-0.05, 0) is 6.07 Å². The number of carbonyl (C=O) groups is 2.